The molecule has 2 aliphatic heterocycles. The zero-order valence-corrected chi connectivity index (χ0v) is 14.8. The van der Waals surface area contributed by atoms with Gasteiger partial charge in [0, 0.05) is 45.2 Å². The first-order chi connectivity index (χ1) is 12.5. The molecule has 3 heterocycles. The van der Waals surface area contributed by atoms with Gasteiger partial charge in [0.1, 0.15) is 6.04 Å². The van der Waals surface area contributed by atoms with Gasteiger partial charge in [0.25, 0.3) is 0 Å². The molecule has 1 saturated heterocycles. The quantitative estimate of drug-likeness (QED) is 0.822. The summed E-state index contributed by atoms with van der Waals surface area (Å²) in [6.07, 6.45) is 4.25. The van der Waals surface area contributed by atoms with Crippen LogP contribution in [0, 0.1) is 5.92 Å². The Morgan fingerprint density at radius 3 is 2.69 bits per heavy atom. The molecule has 1 aromatic carbocycles. The molecule has 2 aliphatic rings. The van der Waals surface area contributed by atoms with Gasteiger partial charge < -0.3 is 16.0 Å². The summed E-state index contributed by atoms with van der Waals surface area (Å²) in [5, 5.41) is 7.54. The van der Waals surface area contributed by atoms with Crippen molar-refractivity contribution < 1.29 is 9.59 Å². The summed E-state index contributed by atoms with van der Waals surface area (Å²) in [6.45, 7) is 1.76. The van der Waals surface area contributed by atoms with E-state index in [9.17, 15) is 9.59 Å². The van der Waals surface area contributed by atoms with Gasteiger partial charge in [-0.1, -0.05) is 24.3 Å². The van der Waals surface area contributed by atoms with Crippen molar-refractivity contribution >= 4 is 11.8 Å². The summed E-state index contributed by atoms with van der Waals surface area (Å²) >= 11 is 0. The number of rotatable bonds is 3. The SMILES string of the molecule is Cn1cc([C@H]2CNC[C@@H]2C(=O)N2Cc3ccccc3CC2C(N)=O)cn1. The monoisotopic (exact) mass is 353 g/mol. The normalized spacial score (nSPS) is 25.1. The van der Waals surface area contributed by atoms with Crippen LogP contribution in [0.4, 0.5) is 0 Å². The molecule has 2 amide bonds. The van der Waals surface area contributed by atoms with Gasteiger partial charge in [-0.25, -0.2) is 0 Å². The predicted octanol–water partition coefficient (Wildman–Crippen LogP) is 0.162. The Balaban J connectivity index is 1.62. The second-order valence-corrected chi connectivity index (χ2v) is 7.18. The number of fused-ring (bicyclic) bond motifs is 1. The van der Waals surface area contributed by atoms with Gasteiger partial charge in [-0.05, 0) is 16.7 Å². The van der Waals surface area contributed by atoms with Crippen molar-refractivity contribution in [2.45, 2.75) is 24.9 Å². The number of carbonyl (C=O) groups excluding carboxylic acids is 2. The Kier molecular flexibility index (Phi) is 4.24. The van der Waals surface area contributed by atoms with Crippen LogP contribution in [0.5, 0.6) is 0 Å². The van der Waals surface area contributed by atoms with Crippen LogP contribution in [-0.2, 0) is 29.6 Å². The molecule has 7 nitrogen and oxygen atoms in total. The molecular weight excluding hydrogens is 330 g/mol. The Hall–Kier alpha value is -2.67. The Morgan fingerprint density at radius 1 is 1.23 bits per heavy atom. The van der Waals surface area contributed by atoms with Crippen LogP contribution in [0.25, 0.3) is 0 Å². The van der Waals surface area contributed by atoms with E-state index >= 15 is 0 Å². The molecule has 3 N–H and O–H groups in total. The molecule has 7 heteroatoms. The largest absolute Gasteiger partial charge is 0.368 e. The number of amides is 2. The topological polar surface area (TPSA) is 93.3 Å². The van der Waals surface area contributed by atoms with E-state index in [1.807, 2.05) is 43.7 Å². The van der Waals surface area contributed by atoms with E-state index in [2.05, 4.69) is 10.4 Å². The van der Waals surface area contributed by atoms with E-state index in [0.717, 1.165) is 23.2 Å². The predicted molar refractivity (Wildman–Crippen MR) is 96.0 cm³/mol. The second-order valence-electron chi connectivity index (χ2n) is 7.18. The van der Waals surface area contributed by atoms with Crippen molar-refractivity contribution in [2.24, 2.45) is 18.7 Å². The van der Waals surface area contributed by atoms with Crippen molar-refractivity contribution in [2.75, 3.05) is 13.1 Å². The third-order valence-corrected chi connectivity index (χ3v) is 5.54. The summed E-state index contributed by atoms with van der Waals surface area (Å²) < 4.78 is 1.75. The Morgan fingerprint density at radius 2 is 2.00 bits per heavy atom. The maximum absolute atomic E-state index is 13.4. The Labute approximate surface area is 152 Å². The number of hydrogen-bond acceptors (Lipinski definition) is 4. The molecule has 0 radical (unpaired) electrons. The van der Waals surface area contributed by atoms with E-state index in [-0.39, 0.29) is 17.7 Å². The van der Waals surface area contributed by atoms with Crippen LogP contribution in [0.3, 0.4) is 0 Å². The summed E-state index contributed by atoms with van der Waals surface area (Å²) in [6, 6.07) is 7.34. The number of nitrogens with two attached hydrogens (primary N) is 1. The molecule has 0 bridgehead atoms. The summed E-state index contributed by atoms with van der Waals surface area (Å²) in [5.41, 5.74) is 8.86. The van der Waals surface area contributed by atoms with Crippen LogP contribution in [0.15, 0.2) is 36.7 Å². The molecule has 3 atom stereocenters. The van der Waals surface area contributed by atoms with E-state index in [1.165, 1.54) is 0 Å². The third-order valence-electron chi connectivity index (χ3n) is 5.54. The van der Waals surface area contributed by atoms with Gasteiger partial charge in [0.05, 0.1) is 12.1 Å². The number of benzene rings is 1. The lowest BCUT2D eigenvalue weighted by Gasteiger charge is -2.37. The number of primary amides is 1. The zero-order chi connectivity index (χ0) is 18.3. The second kappa shape index (κ2) is 6.57. The summed E-state index contributed by atoms with van der Waals surface area (Å²) in [7, 11) is 1.87. The van der Waals surface area contributed by atoms with E-state index in [1.54, 1.807) is 9.58 Å². The van der Waals surface area contributed by atoms with Crippen molar-refractivity contribution in [1.29, 1.82) is 0 Å². The van der Waals surface area contributed by atoms with Gasteiger partial charge in [0.2, 0.25) is 11.8 Å². The van der Waals surface area contributed by atoms with Crippen LogP contribution >= 0.6 is 0 Å². The van der Waals surface area contributed by atoms with Crippen molar-refractivity contribution in [3.8, 4) is 0 Å². The smallest absolute Gasteiger partial charge is 0.240 e. The highest BCUT2D eigenvalue weighted by Gasteiger charge is 2.41. The summed E-state index contributed by atoms with van der Waals surface area (Å²) in [4.78, 5) is 27.1. The van der Waals surface area contributed by atoms with Crippen molar-refractivity contribution in [1.82, 2.24) is 20.0 Å². The molecule has 0 spiro atoms. The molecular formula is C19H23N5O2. The number of aryl methyl sites for hydroxylation is 1. The molecule has 2 aromatic rings. The highest BCUT2D eigenvalue weighted by Crippen LogP contribution is 2.32. The van der Waals surface area contributed by atoms with Crippen LogP contribution in [0.2, 0.25) is 0 Å². The maximum atomic E-state index is 13.4. The maximum Gasteiger partial charge on any atom is 0.240 e. The Bertz CT molecular complexity index is 846. The number of aromatic nitrogens is 2. The first-order valence-corrected chi connectivity index (χ1v) is 8.90. The molecule has 0 aliphatic carbocycles. The average Bonchev–Trinajstić information content (AvgIpc) is 3.28. The third kappa shape index (κ3) is 2.88. The minimum Gasteiger partial charge on any atom is -0.368 e. The molecule has 1 aromatic heterocycles. The van der Waals surface area contributed by atoms with Gasteiger partial charge in [0.15, 0.2) is 0 Å². The zero-order valence-electron chi connectivity index (χ0n) is 14.8. The molecule has 0 saturated carbocycles. The molecule has 1 unspecified atom stereocenters. The van der Waals surface area contributed by atoms with E-state index < -0.39 is 11.9 Å². The van der Waals surface area contributed by atoms with Crippen LogP contribution in [0.1, 0.15) is 22.6 Å². The fourth-order valence-electron chi connectivity index (χ4n) is 4.14. The average molecular weight is 353 g/mol. The first-order valence-electron chi connectivity index (χ1n) is 8.90. The lowest BCUT2D eigenvalue weighted by molar-refractivity contribution is -0.144. The van der Waals surface area contributed by atoms with Gasteiger partial charge in [-0.2, -0.15) is 5.10 Å². The summed E-state index contributed by atoms with van der Waals surface area (Å²) in [5.74, 6) is -0.618. The number of nitrogens with one attached hydrogen (secondary N) is 1. The lowest BCUT2D eigenvalue weighted by Crippen LogP contribution is -2.53. The van der Waals surface area contributed by atoms with E-state index in [0.29, 0.717) is 19.5 Å². The molecule has 136 valence electrons. The minimum atomic E-state index is -0.590. The number of hydrogen-bond donors (Lipinski definition) is 2. The highest BCUT2D eigenvalue weighted by atomic mass is 16.2. The highest BCUT2D eigenvalue weighted by molar-refractivity contribution is 5.89. The van der Waals surface area contributed by atoms with Gasteiger partial charge >= 0.3 is 0 Å². The molecule has 1 fully saturated rings. The first kappa shape index (κ1) is 16.8. The number of carbonyl (C=O) groups is 2. The molecule has 26 heavy (non-hydrogen) atoms. The van der Waals surface area contributed by atoms with Crippen molar-refractivity contribution in [3.63, 3.8) is 0 Å². The van der Waals surface area contributed by atoms with Crippen LogP contribution in [-0.4, -0.2) is 45.6 Å². The number of nitrogens with zero attached hydrogens (tertiary/aromatic N) is 3. The van der Waals surface area contributed by atoms with Crippen molar-refractivity contribution in [3.05, 3.63) is 53.3 Å². The van der Waals surface area contributed by atoms with Gasteiger partial charge in [-0.15, -0.1) is 0 Å². The standard InChI is InChI=1S/C19H23N5O2/c1-23-10-14(7-22-23)15-8-21-9-16(15)19(26)24-11-13-5-3-2-4-12(13)6-17(24)18(20)25/h2-5,7,10,15-17,21H,6,8-9,11H2,1H3,(H2,20,25)/t15-,16+,17?/m1/s1. The van der Waals surface area contributed by atoms with Crippen LogP contribution < -0.4 is 11.1 Å². The lowest BCUT2D eigenvalue weighted by atomic mass is 9.87. The fraction of sp³-hybridized carbons (Fsp3) is 0.421. The minimum absolute atomic E-state index is 0.0119. The molecule has 4 rings (SSSR count). The fourth-order valence-corrected chi connectivity index (χ4v) is 4.14. The van der Waals surface area contributed by atoms with Gasteiger partial charge in [-0.3, -0.25) is 14.3 Å². The van der Waals surface area contributed by atoms with E-state index in [4.69, 9.17) is 5.73 Å².